The average Bonchev–Trinajstić information content (AvgIpc) is 2.73. The number of hydrogen-bond donors (Lipinski definition) is 2. The first kappa shape index (κ1) is 21.0. The summed E-state index contributed by atoms with van der Waals surface area (Å²) in [5, 5.41) is 4.91. The van der Waals surface area contributed by atoms with Crippen LogP contribution in [0.1, 0.15) is 24.3 Å². The van der Waals surface area contributed by atoms with Gasteiger partial charge in [-0.25, -0.2) is 9.07 Å². The number of para-hydroxylation sites is 1. The summed E-state index contributed by atoms with van der Waals surface area (Å²) in [6.45, 7) is 3.70. The van der Waals surface area contributed by atoms with Crippen molar-refractivity contribution in [3.8, 4) is 5.75 Å². The zero-order chi connectivity index (χ0) is 21.7. The molecule has 0 saturated heterocycles. The fourth-order valence-corrected chi connectivity index (χ4v) is 2.80. The number of nitrogens with zero attached hydrogens (tertiary/aromatic N) is 2. The molecule has 8 nitrogen and oxygen atoms in total. The van der Waals surface area contributed by atoms with Crippen molar-refractivity contribution in [2.45, 2.75) is 20.4 Å². The number of hydrazine groups is 1. The maximum atomic E-state index is 13.5. The SMILES string of the molecule is CC(C)Cn1nc(C(=O)NNC(=O)COc2ccccc2F)c2ccccc2c1=O. The minimum Gasteiger partial charge on any atom is -0.481 e. The number of hydrogen-bond acceptors (Lipinski definition) is 5. The molecule has 2 N–H and O–H groups in total. The first-order valence-electron chi connectivity index (χ1n) is 9.33. The highest BCUT2D eigenvalue weighted by Gasteiger charge is 2.18. The molecule has 2 aromatic carbocycles. The van der Waals surface area contributed by atoms with Gasteiger partial charge in [-0.1, -0.05) is 44.2 Å². The van der Waals surface area contributed by atoms with Gasteiger partial charge in [0.25, 0.3) is 17.4 Å². The topological polar surface area (TPSA) is 102 Å². The molecule has 0 saturated carbocycles. The second-order valence-electron chi connectivity index (χ2n) is 7.00. The Morgan fingerprint density at radius 2 is 1.73 bits per heavy atom. The summed E-state index contributed by atoms with van der Waals surface area (Å²) in [4.78, 5) is 37.2. The van der Waals surface area contributed by atoms with Gasteiger partial charge in [-0.3, -0.25) is 25.2 Å². The van der Waals surface area contributed by atoms with E-state index in [0.717, 1.165) is 0 Å². The average molecular weight is 412 g/mol. The van der Waals surface area contributed by atoms with Gasteiger partial charge in [0, 0.05) is 11.9 Å². The van der Waals surface area contributed by atoms with Crippen molar-refractivity contribution in [1.82, 2.24) is 20.6 Å². The van der Waals surface area contributed by atoms with Crippen LogP contribution in [0.3, 0.4) is 0 Å². The first-order chi connectivity index (χ1) is 14.4. The molecule has 0 unspecified atom stereocenters. The van der Waals surface area contributed by atoms with E-state index in [1.54, 1.807) is 30.3 Å². The summed E-state index contributed by atoms with van der Waals surface area (Å²) in [6.07, 6.45) is 0. The third-order valence-corrected chi connectivity index (χ3v) is 4.13. The number of carbonyl (C=O) groups is 2. The molecule has 0 aliphatic rings. The Balaban J connectivity index is 1.73. The number of amides is 2. The van der Waals surface area contributed by atoms with Crippen molar-refractivity contribution in [2.75, 3.05) is 6.61 Å². The number of halogens is 1. The van der Waals surface area contributed by atoms with Crippen LogP contribution in [0.25, 0.3) is 10.8 Å². The second-order valence-corrected chi connectivity index (χ2v) is 7.00. The number of carbonyl (C=O) groups excluding carboxylic acids is 2. The molecular weight excluding hydrogens is 391 g/mol. The van der Waals surface area contributed by atoms with Crippen molar-refractivity contribution < 1.29 is 18.7 Å². The quantitative estimate of drug-likeness (QED) is 0.603. The van der Waals surface area contributed by atoms with Gasteiger partial charge in [-0.15, -0.1) is 0 Å². The van der Waals surface area contributed by atoms with Gasteiger partial charge in [0.1, 0.15) is 0 Å². The smallest absolute Gasteiger partial charge is 0.290 e. The van der Waals surface area contributed by atoms with Crippen LogP contribution in [0.15, 0.2) is 53.3 Å². The summed E-state index contributed by atoms with van der Waals surface area (Å²) in [6, 6.07) is 12.3. The van der Waals surface area contributed by atoms with Crippen molar-refractivity contribution >= 4 is 22.6 Å². The van der Waals surface area contributed by atoms with E-state index in [1.807, 2.05) is 13.8 Å². The van der Waals surface area contributed by atoms with Gasteiger partial charge >= 0.3 is 0 Å². The predicted molar refractivity (Wildman–Crippen MR) is 108 cm³/mol. The third-order valence-electron chi connectivity index (χ3n) is 4.13. The number of aromatic nitrogens is 2. The Morgan fingerprint density at radius 1 is 1.07 bits per heavy atom. The van der Waals surface area contributed by atoms with Gasteiger partial charge in [0.15, 0.2) is 23.9 Å². The summed E-state index contributed by atoms with van der Waals surface area (Å²) in [7, 11) is 0. The van der Waals surface area contributed by atoms with Crippen LogP contribution in [-0.2, 0) is 11.3 Å². The lowest BCUT2D eigenvalue weighted by atomic mass is 10.1. The number of rotatable bonds is 6. The molecule has 9 heteroatoms. The fourth-order valence-electron chi connectivity index (χ4n) is 2.80. The van der Waals surface area contributed by atoms with E-state index in [-0.39, 0.29) is 22.9 Å². The standard InChI is InChI=1S/C21H21FN4O4/c1-13(2)11-26-21(29)15-8-4-3-7-14(15)19(25-26)20(28)24-23-18(27)12-30-17-10-6-5-9-16(17)22/h3-10,13H,11-12H2,1-2H3,(H,23,27)(H,24,28). The van der Waals surface area contributed by atoms with Crippen LogP contribution >= 0.6 is 0 Å². The maximum Gasteiger partial charge on any atom is 0.290 e. The Morgan fingerprint density at radius 3 is 2.43 bits per heavy atom. The number of fused-ring (bicyclic) bond motifs is 1. The molecule has 0 bridgehead atoms. The zero-order valence-corrected chi connectivity index (χ0v) is 16.5. The van der Waals surface area contributed by atoms with Crippen LogP contribution in [0.2, 0.25) is 0 Å². The van der Waals surface area contributed by atoms with E-state index in [1.165, 1.54) is 22.9 Å². The summed E-state index contributed by atoms with van der Waals surface area (Å²) >= 11 is 0. The molecule has 0 spiro atoms. The van der Waals surface area contributed by atoms with E-state index in [2.05, 4.69) is 16.0 Å². The minimum absolute atomic E-state index is 0.00109. The van der Waals surface area contributed by atoms with Crippen LogP contribution in [-0.4, -0.2) is 28.2 Å². The summed E-state index contributed by atoms with van der Waals surface area (Å²) in [5.41, 5.74) is 4.16. The largest absolute Gasteiger partial charge is 0.481 e. The molecule has 3 aromatic rings. The van der Waals surface area contributed by atoms with E-state index >= 15 is 0 Å². The fraction of sp³-hybridized carbons (Fsp3) is 0.238. The molecule has 1 heterocycles. The molecule has 0 aliphatic carbocycles. The number of benzene rings is 2. The predicted octanol–water partition coefficient (Wildman–Crippen LogP) is 2.03. The maximum absolute atomic E-state index is 13.5. The normalized spacial score (nSPS) is 10.8. The molecule has 0 aliphatic heterocycles. The molecule has 3 rings (SSSR count). The van der Waals surface area contributed by atoms with Crippen LogP contribution in [0.5, 0.6) is 5.75 Å². The van der Waals surface area contributed by atoms with Crippen LogP contribution in [0.4, 0.5) is 4.39 Å². The van der Waals surface area contributed by atoms with Gasteiger partial charge in [-0.05, 0) is 24.1 Å². The first-order valence-corrected chi connectivity index (χ1v) is 9.33. The van der Waals surface area contributed by atoms with Crippen molar-refractivity contribution in [3.05, 3.63) is 70.4 Å². The van der Waals surface area contributed by atoms with Crippen LogP contribution < -0.4 is 21.1 Å². The summed E-state index contributed by atoms with van der Waals surface area (Å²) in [5.74, 6) is -1.92. The lowest BCUT2D eigenvalue weighted by molar-refractivity contribution is -0.123. The molecule has 0 atom stereocenters. The van der Waals surface area contributed by atoms with E-state index in [0.29, 0.717) is 17.3 Å². The molecule has 0 radical (unpaired) electrons. The van der Waals surface area contributed by atoms with E-state index < -0.39 is 24.2 Å². The Bertz CT molecular complexity index is 1140. The molecular formula is C21H21FN4O4. The van der Waals surface area contributed by atoms with E-state index in [4.69, 9.17) is 4.74 Å². The number of nitrogens with one attached hydrogen (secondary N) is 2. The third kappa shape index (κ3) is 4.80. The van der Waals surface area contributed by atoms with Gasteiger partial charge < -0.3 is 4.74 Å². The highest BCUT2D eigenvalue weighted by atomic mass is 19.1. The van der Waals surface area contributed by atoms with Crippen molar-refractivity contribution in [1.29, 1.82) is 0 Å². The molecule has 156 valence electrons. The number of ether oxygens (including phenoxy) is 1. The van der Waals surface area contributed by atoms with Crippen LogP contribution in [0, 0.1) is 11.7 Å². The second kappa shape index (κ2) is 9.17. The molecule has 30 heavy (non-hydrogen) atoms. The van der Waals surface area contributed by atoms with E-state index in [9.17, 15) is 18.8 Å². The lowest BCUT2D eigenvalue weighted by Crippen LogP contribution is -2.44. The van der Waals surface area contributed by atoms with Crippen molar-refractivity contribution in [2.24, 2.45) is 5.92 Å². The molecule has 0 fully saturated rings. The van der Waals surface area contributed by atoms with Gasteiger partial charge in [-0.2, -0.15) is 5.10 Å². The Kier molecular flexibility index (Phi) is 6.41. The molecule has 1 aromatic heterocycles. The monoisotopic (exact) mass is 412 g/mol. The van der Waals surface area contributed by atoms with Crippen molar-refractivity contribution in [3.63, 3.8) is 0 Å². The highest BCUT2D eigenvalue weighted by Crippen LogP contribution is 2.15. The van der Waals surface area contributed by atoms with Gasteiger partial charge in [0.2, 0.25) is 0 Å². The summed E-state index contributed by atoms with van der Waals surface area (Å²) < 4.78 is 19.8. The zero-order valence-electron chi connectivity index (χ0n) is 16.5. The Labute approximate surface area is 171 Å². The Hall–Kier alpha value is -3.75. The molecule has 2 amide bonds. The minimum atomic E-state index is -0.692. The highest BCUT2D eigenvalue weighted by molar-refractivity contribution is 6.05. The lowest BCUT2D eigenvalue weighted by Gasteiger charge is -2.13. The van der Waals surface area contributed by atoms with Gasteiger partial charge in [0.05, 0.1) is 5.39 Å².